The summed E-state index contributed by atoms with van der Waals surface area (Å²) >= 11 is 0. The molecular weight excluding hydrogens is 441 g/mol. The summed E-state index contributed by atoms with van der Waals surface area (Å²) in [5.41, 5.74) is 0.998. The summed E-state index contributed by atoms with van der Waals surface area (Å²) in [5.74, 6) is 0.776. The molecule has 0 spiro atoms. The van der Waals surface area contributed by atoms with Gasteiger partial charge in [0.05, 0.1) is 0 Å². The van der Waals surface area contributed by atoms with Gasteiger partial charge in [0.15, 0.2) is 5.96 Å². The Balaban J connectivity index is 0.00000338. The average molecular weight is 473 g/mol. The first kappa shape index (κ1) is 22.7. The first-order valence-corrected chi connectivity index (χ1v) is 9.37. The molecule has 0 aliphatic heterocycles. The normalized spacial score (nSPS) is 15.1. The molecule has 1 amide bonds. The van der Waals surface area contributed by atoms with Crippen LogP contribution in [0.3, 0.4) is 0 Å². The van der Waals surface area contributed by atoms with E-state index in [9.17, 15) is 4.79 Å². The molecule has 1 aromatic rings. The Morgan fingerprint density at radius 3 is 2.73 bits per heavy atom. The van der Waals surface area contributed by atoms with Crippen LogP contribution < -0.4 is 10.6 Å². The van der Waals surface area contributed by atoms with Crippen LogP contribution in [0.1, 0.15) is 44.7 Å². The monoisotopic (exact) mass is 473 g/mol. The fourth-order valence-corrected chi connectivity index (χ4v) is 2.98. The SMILES string of the molecule is CCNC(=NCC(=O)N(C)CCc1ccccn1)NC1CCCCC1.I. The molecule has 1 aliphatic rings. The molecule has 0 unspecified atom stereocenters. The van der Waals surface area contributed by atoms with Crippen LogP contribution in [0, 0.1) is 0 Å². The molecule has 6 nitrogen and oxygen atoms in total. The summed E-state index contributed by atoms with van der Waals surface area (Å²) in [6, 6.07) is 6.32. The van der Waals surface area contributed by atoms with Gasteiger partial charge in [-0.15, -0.1) is 24.0 Å². The smallest absolute Gasteiger partial charge is 0.244 e. The Kier molecular flexibility index (Phi) is 11.2. The van der Waals surface area contributed by atoms with E-state index in [1.807, 2.05) is 32.2 Å². The zero-order chi connectivity index (χ0) is 17.9. The molecule has 7 heteroatoms. The van der Waals surface area contributed by atoms with Crippen molar-refractivity contribution in [2.45, 2.75) is 51.5 Å². The lowest BCUT2D eigenvalue weighted by molar-refractivity contribution is -0.128. The molecule has 1 aliphatic carbocycles. The number of amides is 1. The van der Waals surface area contributed by atoms with E-state index in [-0.39, 0.29) is 36.4 Å². The third kappa shape index (κ3) is 8.33. The fourth-order valence-electron chi connectivity index (χ4n) is 2.98. The maximum absolute atomic E-state index is 12.3. The molecule has 1 saturated carbocycles. The number of hydrogen-bond acceptors (Lipinski definition) is 3. The average Bonchev–Trinajstić information content (AvgIpc) is 2.65. The Morgan fingerprint density at radius 1 is 1.31 bits per heavy atom. The summed E-state index contributed by atoms with van der Waals surface area (Å²) in [4.78, 5) is 22.8. The number of carbonyl (C=O) groups excluding carboxylic acids is 1. The quantitative estimate of drug-likeness (QED) is 0.363. The second kappa shape index (κ2) is 12.9. The van der Waals surface area contributed by atoms with Crippen LogP contribution in [0.2, 0.25) is 0 Å². The van der Waals surface area contributed by atoms with Crippen molar-refractivity contribution in [3.8, 4) is 0 Å². The molecule has 1 fully saturated rings. The Labute approximate surface area is 174 Å². The van der Waals surface area contributed by atoms with Gasteiger partial charge in [0.2, 0.25) is 5.91 Å². The first-order chi connectivity index (χ1) is 12.2. The van der Waals surface area contributed by atoms with Crippen LogP contribution in [-0.4, -0.2) is 54.5 Å². The number of nitrogens with one attached hydrogen (secondary N) is 2. The lowest BCUT2D eigenvalue weighted by atomic mass is 9.96. The van der Waals surface area contributed by atoms with E-state index in [0.717, 1.165) is 24.6 Å². The highest BCUT2D eigenvalue weighted by atomic mass is 127. The number of aromatic nitrogens is 1. The highest BCUT2D eigenvalue weighted by Gasteiger charge is 2.15. The third-order valence-corrected chi connectivity index (χ3v) is 4.52. The molecule has 0 bridgehead atoms. The van der Waals surface area contributed by atoms with Crippen molar-refractivity contribution in [2.24, 2.45) is 4.99 Å². The minimum absolute atomic E-state index is 0. The standard InChI is InChI=1S/C19H31N5O.HI/c1-3-20-19(23-17-10-5-4-6-11-17)22-15-18(25)24(2)14-12-16-9-7-8-13-21-16;/h7-9,13,17H,3-6,10-12,14-15H2,1-2H3,(H2,20,22,23);1H. The lowest BCUT2D eigenvalue weighted by Gasteiger charge is -2.25. The Morgan fingerprint density at radius 2 is 2.08 bits per heavy atom. The van der Waals surface area contributed by atoms with Gasteiger partial charge in [0.1, 0.15) is 6.54 Å². The van der Waals surface area contributed by atoms with E-state index in [2.05, 4.69) is 20.6 Å². The van der Waals surface area contributed by atoms with Crippen LogP contribution in [0.25, 0.3) is 0 Å². The fraction of sp³-hybridized carbons (Fsp3) is 0.632. The number of pyridine rings is 1. The van der Waals surface area contributed by atoms with Gasteiger partial charge in [-0.25, -0.2) is 4.99 Å². The second-order valence-electron chi connectivity index (χ2n) is 6.56. The summed E-state index contributed by atoms with van der Waals surface area (Å²) in [6.45, 7) is 3.65. The molecule has 146 valence electrons. The van der Waals surface area contributed by atoms with Gasteiger partial charge < -0.3 is 15.5 Å². The summed E-state index contributed by atoms with van der Waals surface area (Å²) in [7, 11) is 1.82. The van der Waals surface area contributed by atoms with E-state index in [1.165, 1.54) is 32.1 Å². The zero-order valence-corrected chi connectivity index (χ0v) is 18.2. The van der Waals surface area contributed by atoms with Gasteiger partial charge in [-0.05, 0) is 31.9 Å². The van der Waals surface area contributed by atoms with Crippen molar-refractivity contribution in [1.29, 1.82) is 0 Å². The second-order valence-corrected chi connectivity index (χ2v) is 6.56. The van der Waals surface area contributed by atoms with E-state index in [1.54, 1.807) is 11.1 Å². The zero-order valence-electron chi connectivity index (χ0n) is 15.9. The van der Waals surface area contributed by atoms with Crippen LogP contribution >= 0.6 is 24.0 Å². The van der Waals surface area contributed by atoms with E-state index < -0.39 is 0 Å². The Hall–Kier alpha value is -1.38. The topological polar surface area (TPSA) is 69.6 Å². The number of aliphatic imine (C=N–C) groups is 1. The minimum Gasteiger partial charge on any atom is -0.357 e. The number of carbonyl (C=O) groups is 1. The first-order valence-electron chi connectivity index (χ1n) is 9.37. The number of halogens is 1. The van der Waals surface area contributed by atoms with Crippen molar-refractivity contribution in [3.63, 3.8) is 0 Å². The Bertz CT molecular complexity index is 546. The molecule has 0 atom stereocenters. The predicted molar refractivity (Wildman–Crippen MR) is 117 cm³/mol. The number of rotatable bonds is 7. The van der Waals surface area contributed by atoms with Crippen molar-refractivity contribution >= 4 is 35.8 Å². The summed E-state index contributed by atoms with van der Waals surface area (Å²) in [6.07, 6.45) is 8.77. The van der Waals surface area contributed by atoms with Crippen molar-refractivity contribution in [1.82, 2.24) is 20.5 Å². The van der Waals surface area contributed by atoms with Crippen LogP contribution in [0.4, 0.5) is 0 Å². The maximum Gasteiger partial charge on any atom is 0.244 e. The largest absolute Gasteiger partial charge is 0.357 e. The minimum atomic E-state index is 0. The van der Waals surface area contributed by atoms with Crippen molar-refractivity contribution < 1.29 is 4.79 Å². The highest BCUT2D eigenvalue weighted by molar-refractivity contribution is 14.0. The van der Waals surface area contributed by atoms with Gasteiger partial charge >= 0.3 is 0 Å². The van der Waals surface area contributed by atoms with Crippen molar-refractivity contribution in [3.05, 3.63) is 30.1 Å². The van der Waals surface area contributed by atoms with Gasteiger partial charge in [0.25, 0.3) is 0 Å². The molecule has 1 aromatic heterocycles. The molecule has 1 heterocycles. The molecule has 0 radical (unpaired) electrons. The number of hydrogen-bond donors (Lipinski definition) is 2. The van der Waals surface area contributed by atoms with E-state index in [0.29, 0.717) is 12.6 Å². The van der Waals surface area contributed by atoms with Crippen LogP contribution in [-0.2, 0) is 11.2 Å². The molecule has 0 aromatic carbocycles. The van der Waals surface area contributed by atoms with Gasteiger partial charge in [-0.2, -0.15) is 0 Å². The summed E-state index contributed by atoms with van der Waals surface area (Å²) < 4.78 is 0. The lowest BCUT2D eigenvalue weighted by Crippen LogP contribution is -2.44. The third-order valence-electron chi connectivity index (χ3n) is 4.52. The van der Waals surface area contributed by atoms with E-state index in [4.69, 9.17) is 0 Å². The molecular formula is C19H32IN5O. The maximum atomic E-state index is 12.3. The summed E-state index contributed by atoms with van der Waals surface area (Å²) in [5, 5.41) is 6.71. The van der Waals surface area contributed by atoms with Crippen LogP contribution in [0.5, 0.6) is 0 Å². The molecule has 26 heavy (non-hydrogen) atoms. The highest BCUT2D eigenvalue weighted by Crippen LogP contribution is 2.17. The number of nitrogens with zero attached hydrogens (tertiary/aromatic N) is 3. The molecule has 2 N–H and O–H groups in total. The van der Waals surface area contributed by atoms with E-state index >= 15 is 0 Å². The number of likely N-dealkylation sites (N-methyl/N-ethyl adjacent to an activating group) is 1. The van der Waals surface area contributed by atoms with Crippen molar-refractivity contribution in [2.75, 3.05) is 26.7 Å². The molecule has 2 rings (SSSR count). The van der Waals surface area contributed by atoms with Gasteiger partial charge in [0, 0.05) is 44.5 Å². The van der Waals surface area contributed by atoms with Gasteiger partial charge in [-0.3, -0.25) is 9.78 Å². The van der Waals surface area contributed by atoms with Crippen LogP contribution in [0.15, 0.2) is 29.4 Å². The predicted octanol–water partition coefficient (Wildman–Crippen LogP) is 2.59. The van der Waals surface area contributed by atoms with Gasteiger partial charge in [-0.1, -0.05) is 25.3 Å². The molecule has 0 saturated heterocycles. The number of guanidine groups is 1.